The fourth-order valence-corrected chi connectivity index (χ4v) is 1.42. The highest BCUT2D eigenvalue weighted by Gasteiger charge is 2.07. The minimum absolute atomic E-state index is 0.244. The maximum Gasteiger partial charge on any atom is 0.329 e. The number of carboxylic acids is 1. The van der Waals surface area contributed by atoms with Gasteiger partial charge >= 0.3 is 12.0 Å². The fourth-order valence-electron chi connectivity index (χ4n) is 1.42. The fraction of sp³-hybridized carbons (Fsp3) is 0.333. The van der Waals surface area contributed by atoms with Crippen LogP contribution < -0.4 is 10.7 Å². The van der Waals surface area contributed by atoms with E-state index in [-0.39, 0.29) is 6.54 Å². The number of benzene rings is 1. The van der Waals surface area contributed by atoms with Crippen LogP contribution in [0.15, 0.2) is 30.3 Å². The van der Waals surface area contributed by atoms with Gasteiger partial charge in [0, 0.05) is 13.6 Å². The summed E-state index contributed by atoms with van der Waals surface area (Å²) in [6.45, 7) is 0.253. The summed E-state index contributed by atoms with van der Waals surface area (Å²) in [6, 6.07) is 9.37. The quantitative estimate of drug-likeness (QED) is 0.641. The summed E-state index contributed by atoms with van der Waals surface area (Å²) in [5, 5.41) is 12.4. The predicted octanol–water partition coefficient (Wildman–Crippen LogP) is 0.460. The lowest BCUT2D eigenvalue weighted by Crippen LogP contribution is -2.47. The highest BCUT2D eigenvalue weighted by atomic mass is 16.4. The van der Waals surface area contributed by atoms with E-state index in [1.54, 1.807) is 0 Å². The molecule has 0 aromatic heterocycles. The molecule has 0 radical (unpaired) electrons. The Hall–Kier alpha value is -2.08. The van der Waals surface area contributed by atoms with Crippen molar-refractivity contribution in [2.24, 2.45) is 0 Å². The van der Waals surface area contributed by atoms with E-state index >= 15 is 0 Å². The van der Waals surface area contributed by atoms with Gasteiger partial charge in [0.15, 0.2) is 0 Å². The number of aliphatic carboxylic acids is 1. The highest BCUT2D eigenvalue weighted by molar-refractivity contribution is 5.74. The Morgan fingerprint density at radius 2 is 1.94 bits per heavy atom. The molecule has 0 aliphatic heterocycles. The van der Waals surface area contributed by atoms with Crippen molar-refractivity contribution in [3.63, 3.8) is 0 Å². The van der Waals surface area contributed by atoms with Crippen molar-refractivity contribution < 1.29 is 14.7 Å². The van der Waals surface area contributed by atoms with Crippen LogP contribution in [-0.4, -0.2) is 42.3 Å². The number of hydrogen-bond donors (Lipinski definition) is 3. The summed E-state index contributed by atoms with van der Waals surface area (Å²) in [7, 11) is 1.49. The molecule has 0 bridgehead atoms. The largest absolute Gasteiger partial charge is 0.480 e. The van der Waals surface area contributed by atoms with Gasteiger partial charge in [0.1, 0.15) is 6.54 Å². The number of urea groups is 1. The molecule has 0 aliphatic rings. The second-order valence-corrected chi connectivity index (χ2v) is 3.85. The monoisotopic (exact) mass is 251 g/mol. The normalized spacial score (nSPS) is 10.1. The zero-order chi connectivity index (χ0) is 13.4. The number of carbonyl (C=O) groups is 2. The SMILES string of the molecule is CN(CC(=O)O)NC(=O)NCCc1ccccc1. The first-order chi connectivity index (χ1) is 8.58. The molecule has 6 nitrogen and oxygen atoms in total. The zero-order valence-electron chi connectivity index (χ0n) is 10.2. The predicted molar refractivity (Wildman–Crippen MR) is 66.9 cm³/mol. The second-order valence-electron chi connectivity index (χ2n) is 3.85. The Morgan fingerprint density at radius 1 is 1.28 bits per heavy atom. The van der Waals surface area contributed by atoms with E-state index in [2.05, 4.69) is 10.7 Å². The highest BCUT2D eigenvalue weighted by Crippen LogP contribution is 1.97. The van der Waals surface area contributed by atoms with Gasteiger partial charge < -0.3 is 10.4 Å². The summed E-state index contributed by atoms with van der Waals surface area (Å²) in [4.78, 5) is 21.7. The van der Waals surface area contributed by atoms with Crippen LogP contribution in [0.5, 0.6) is 0 Å². The number of nitrogens with one attached hydrogen (secondary N) is 2. The summed E-state index contributed by atoms with van der Waals surface area (Å²) in [5.41, 5.74) is 3.54. The van der Waals surface area contributed by atoms with Crippen LogP contribution in [0.1, 0.15) is 5.56 Å². The molecule has 0 spiro atoms. The lowest BCUT2D eigenvalue weighted by molar-refractivity contribution is -0.138. The molecule has 98 valence electrons. The molecule has 0 unspecified atom stereocenters. The molecule has 6 heteroatoms. The molecule has 2 amide bonds. The van der Waals surface area contributed by atoms with Crippen LogP contribution >= 0.6 is 0 Å². The van der Waals surface area contributed by atoms with Crippen molar-refractivity contribution in [3.8, 4) is 0 Å². The summed E-state index contributed by atoms with van der Waals surface area (Å²) in [6.07, 6.45) is 0.733. The number of hydrazine groups is 1. The number of hydrogen-bond acceptors (Lipinski definition) is 3. The van der Waals surface area contributed by atoms with Crippen molar-refractivity contribution >= 4 is 12.0 Å². The number of amides is 2. The van der Waals surface area contributed by atoms with Crippen molar-refractivity contribution in [2.75, 3.05) is 20.1 Å². The van der Waals surface area contributed by atoms with E-state index in [9.17, 15) is 9.59 Å². The van der Waals surface area contributed by atoms with Crippen LogP contribution in [0.2, 0.25) is 0 Å². The number of nitrogens with zero attached hydrogens (tertiary/aromatic N) is 1. The van der Waals surface area contributed by atoms with E-state index in [1.165, 1.54) is 12.1 Å². The molecule has 0 aliphatic carbocycles. The van der Waals surface area contributed by atoms with E-state index in [0.717, 1.165) is 12.0 Å². The van der Waals surface area contributed by atoms with Crippen LogP contribution in [0.3, 0.4) is 0 Å². The van der Waals surface area contributed by atoms with Crippen molar-refractivity contribution in [3.05, 3.63) is 35.9 Å². The molecule has 1 aromatic carbocycles. The van der Waals surface area contributed by atoms with Crippen LogP contribution in [0.4, 0.5) is 4.79 Å². The second kappa shape index (κ2) is 7.29. The third kappa shape index (κ3) is 5.86. The molecular formula is C12H17N3O3. The topological polar surface area (TPSA) is 81.7 Å². The maximum absolute atomic E-state index is 11.4. The lowest BCUT2D eigenvalue weighted by atomic mass is 10.1. The molecular weight excluding hydrogens is 234 g/mol. The molecule has 3 N–H and O–H groups in total. The molecule has 0 saturated heterocycles. The molecule has 0 saturated carbocycles. The van der Waals surface area contributed by atoms with E-state index < -0.39 is 12.0 Å². The third-order valence-corrected chi connectivity index (χ3v) is 2.21. The molecule has 18 heavy (non-hydrogen) atoms. The smallest absolute Gasteiger partial charge is 0.329 e. The van der Waals surface area contributed by atoms with Crippen LogP contribution in [0, 0.1) is 0 Å². The van der Waals surface area contributed by atoms with Gasteiger partial charge in [-0.2, -0.15) is 0 Å². The number of rotatable bonds is 6. The summed E-state index contributed by atoms with van der Waals surface area (Å²) >= 11 is 0. The first-order valence-corrected chi connectivity index (χ1v) is 5.59. The Balaban J connectivity index is 2.19. The van der Waals surface area contributed by atoms with Crippen molar-refractivity contribution in [2.45, 2.75) is 6.42 Å². The summed E-state index contributed by atoms with van der Waals surface area (Å²) in [5.74, 6) is -0.998. The standard InChI is InChI=1S/C12H17N3O3/c1-15(9-11(16)17)14-12(18)13-8-7-10-5-3-2-4-6-10/h2-6H,7-9H2,1H3,(H,16,17)(H2,13,14,18). The molecule has 0 heterocycles. The Labute approximate surface area is 106 Å². The molecule has 0 fully saturated rings. The van der Waals surface area contributed by atoms with Gasteiger partial charge in [0.2, 0.25) is 0 Å². The Kier molecular flexibility index (Phi) is 5.66. The average molecular weight is 251 g/mol. The van der Waals surface area contributed by atoms with Crippen molar-refractivity contribution in [1.29, 1.82) is 0 Å². The van der Waals surface area contributed by atoms with Gasteiger partial charge in [-0.3, -0.25) is 10.2 Å². The van der Waals surface area contributed by atoms with Gasteiger partial charge in [-0.15, -0.1) is 0 Å². The third-order valence-electron chi connectivity index (χ3n) is 2.21. The average Bonchev–Trinajstić information content (AvgIpc) is 2.29. The van der Waals surface area contributed by atoms with E-state index in [4.69, 9.17) is 5.11 Å². The summed E-state index contributed by atoms with van der Waals surface area (Å²) < 4.78 is 0. The van der Waals surface area contributed by atoms with Crippen LogP contribution in [0.25, 0.3) is 0 Å². The molecule has 1 aromatic rings. The van der Waals surface area contributed by atoms with E-state index in [1.807, 2.05) is 30.3 Å². The van der Waals surface area contributed by atoms with Gasteiger partial charge in [0.25, 0.3) is 0 Å². The Morgan fingerprint density at radius 3 is 2.56 bits per heavy atom. The van der Waals surface area contributed by atoms with Gasteiger partial charge in [-0.1, -0.05) is 30.3 Å². The first-order valence-electron chi connectivity index (χ1n) is 5.59. The molecule has 1 rings (SSSR count). The van der Waals surface area contributed by atoms with Gasteiger partial charge in [-0.05, 0) is 12.0 Å². The lowest BCUT2D eigenvalue weighted by Gasteiger charge is -2.16. The molecule has 0 atom stereocenters. The van der Waals surface area contributed by atoms with Crippen molar-refractivity contribution in [1.82, 2.24) is 15.8 Å². The van der Waals surface area contributed by atoms with Gasteiger partial charge in [-0.25, -0.2) is 9.80 Å². The first kappa shape index (κ1) is 14.0. The number of carbonyl (C=O) groups excluding carboxylic acids is 1. The van der Waals surface area contributed by atoms with Crippen LogP contribution in [-0.2, 0) is 11.2 Å². The number of carboxylic acid groups (broad SMARTS) is 1. The minimum Gasteiger partial charge on any atom is -0.480 e. The Bertz CT molecular complexity index is 395. The zero-order valence-corrected chi connectivity index (χ0v) is 10.2. The van der Waals surface area contributed by atoms with Gasteiger partial charge in [0.05, 0.1) is 0 Å². The van der Waals surface area contributed by atoms with E-state index in [0.29, 0.717) is 6.54 Å². The number of likely N-dealkylation sites (N-methyl/N-ethyl adjacent to an activating group) is 1. The minimum atomic E-state index is -0.998. The maximum atomic E-state index is 11.4.